The Labute approximate surface area is 154 Å². The van der Waals surface area contributed by atoms with Gasteiger partial charge in [0.1, 0.15) is 0 Å². The van der Waals surface area contributed by atoms with Crippen LogP contribution in [0.25, 0.3) is 0 Å². The van der Waals surface area contributed by atoms with E-state index in [1.165, 1.54) is 19.3 Å². The van der Waals surface area contributed by atoms with Crippen molar-refractivity contribution in [2.45, 2.75) is 45.1 Å². The van der Waals surface area contributed by atoms with Crippen molar-refractivity contribution >= 4 is 23.4 Å². The Balaban J connectivity index is 1.53. The molecule has 2 atom stereocenters. The van der Waals surface area contributed by atoms with E-state index in [9.17, 15) is 9.59 Å². The summed E-state index contributed by atoms with van der Waals surface area (Å²) in [6, 6.07) is 5.65. The highest BCUT2D eigenvalue weighted by Gasteiger charge is 2.43. The number of nitrogens with zero attached hydrogens (tertiary/aromatic N) is 2. The van der Waals surface area contributed by atoms with Gasteiger partial charge in [0, 0.05) is 36.3 Å². The molecule has 2 bridgehead atoms. The second kappa shape index (κ2) is 6.64. The lowest BCUT2D eigenvalue weighted by Gasteiger charge is -2.40. The van der Waals surface area contributed by atoms with E-state index in [4.69, 9.17) is 11.6 Å². The van der Waals surface area contributed by atoms with E-state index in [2.05, 4.69) is 4.90 Å². The molecule has 1 aromatic rings. The number of fused-ring (bicyclic) bond motifs is 4. The summed E-state index contributed by atoms with van der Waals surface area (Å²) in [4.78, 5) is 29.8. The van der Waals surface area contributed by atoms with Crippen LogP contribution in [0.5, 0.6) is 0 Å². The fourth-order valence-electron chi connectivity index (χ4n) is 4.31. The SMILES string of the molecule is Cc1ccc(C(=O)N2C[C@@H]3CC[C@H](C2)N(CC2CCC2)C3=O)cc1Cl. The van der Waals surface area contributed by atoms with Gasteiger partial charge in [-0.1, -0.05) is 24.1 Å². The molecule has 4 aliphatic rings. The van der Waals surface area contributed by atoms with Crippen molar-refractivity contribution in [3.05, 3.63) is 34.3 Å². The van der Waals surface area contributed by atoms with Gasteiger partial charge in [0.05, 0.1) is 5.92 Å². The molecule has 25 heavy (non-hydrogen) atoms. The summed E-state index contributed by atoms with van der Waals surface area (Å²) in [7, 11) is 0. The minimum Gasteiger partial charge on any atom is -0.337 e. The molecule has 2 amide bonds. The average Bonchev–Trinajstić information content (AvgIpc) is 2.84. The normalized spacial score (nSPS) is 26.6. The molecule has 0 unspecified atom stereocenters. The number of aryl methyl sites for hydroxylation is 1. The number of rotatable bonds is 3. The number of carbonyl (C=O) groups is 2. The number of carbonyl (C=O) groups excluding carboxylic acids is 2. The third-order valence-electron chi connectivity index (χ3n) is 6.18. The fraction of sp³-hybridized carbons (Fsp3) is 0.600. The Hall–Kier alpha value is -1.55. The molecule has 0 radical (unpaired) electrons. The van der Waals surface area contributed by atoms with Crippen LogP contribution in [0.4, 0.5) is 0 Å². The van der Waals surface area contributed by atoms with E-state index in [0.29, 0.717) is 29.6 Å². The molecule has 134 valence electrons. The third kappa shape index (κ3) is 3.17. The van der Waals surface area contributed by atoms with Crippen molar-refractivity contribution in [2.75, 3.05) is 19.6 Å². The van der Waals surface area contributed by atoms with Crippen LogP contribution >= 0.6 is 11.6 Å². The van der Waals surface area contributed by atoms with E-state index < -0.39 is 0 Å². The summed E-state index contributed by atoms with van der Waals surface area (Å²) in [6.07, 6.45) is 5.70. The molecule has 5 heteroatoms. The maximum atomic E-state index is 13.0. The van der Waals surface area contributed by atoms with Crippen molar-refractivity contribution in [3.8, 4) is 0 Å². The van der Waals surface area contributed by atoms with Gasteiger partial charge in [-0.25, -0.2) is 0 Å². The fourth-order valence-corrected chi connectivity index (χ4v) is 4.49. The topological polar surface area (TPSA) is 40.6 Å². The van der Waals surface area contributed by atoms with Crippen LogP contribution in [0.3, 0.4) is 0 Å². The first-order valence-corrected chi connectivity index (χ1v) is 9.76. The summed E-state index contributed by atoms with van der Waals surface area (Å²) in [5, 5.41) is 0.617. The number of hydrogen-bond acceptors (Lipinski definition) is 2. The summed E-state index contributed by atoms with van der Waals surface area (Å²) >= 11 is 6.19. The van der Waals surface area contributed by atoms with Crippen LogP contribution in [-0.4, -0.2) is 47.3 Å². The molecule has 1 aliphatic carbocycles. The molecule has 0 N–H and O–H groups in total. The van der Waals surface area contributed by atoms with Crippen LogP contribution in [0.15, 0.2) is 18.2 Å². The van der Waals surface area contributed by atoms with Crippen molar-refractivity contribution in [2.24, 2.45) is 11.8 Å². The maximum absolute atomic E-state index is 13.0. The van der Waals surface area contributed by atoms with Crippen LogP contribution in [0.1, 0.15) is 48.0 Å². The Morgan fingerprint density at radius 2 is 2.00 bits per heavy atom. The van der Waals surface area contributed by atoms with Gasteiger partial charge in [0.25, 0.3) is 5.91 Å². The van der Waals surface area contributed by atoms with Crippen LogP contribution in [-0.2, 0) is 4.79 Å². The highest BCUT2D eigenvalue weighted by Crippen LogP contribution is 2.34. The summed E-state index contributed by atoms with van der Waals surface area (Å²) in [6.45, 7) is 4.01. The molecule has 1 aromatic carbocycles. The zero-order valence-electron chi connectivity index (χ0n) is 14.7. The second-order valence-corrected chi connectivity index (χ2v) is 8.30. The molecule has 4 nitrogen and oxygen atoms in total. The Bertz CT molecular complexity index is 701. The minimum absolute atomic E-state index is 0.00269. The summed E-state index contributed by atoms with van der Waals surface area (Å²) < 4.78 is 0. The Kier molecular flexibility index (Phi) is 4.48. The molecule has 3 saturated heterocycles. The monoisotopic (exact) mass is 360 g/mol. The molecule has 4 fully saturated rings. The first kappa shape index (κ1) is 16.9. The minimum atomic E-state index is -0.0382. The molecule has 3 heterocycles. The van der Waals surface area contributed by atoms with Crippen LogP contribution < -0.4 is 0 Å². The van der Waals surface area contributed by atoms with Crippen molar-refractivity contribution in [1.29, 1.82) is 0 Å². The molecular weight excluding hydrogens is 336 g/mol. The van der Waals surface area contributed by atoms with Gasteiger partial charge in [-0.3, -0.25) is 9.59 Å². The quantitative estimate of drug-likeness (QED) is 0.827. The number of halogens is 1. The molecule has 1 saturated carbocycles. The second-order valence-electron chi connectivity index (χ2n) is 7.89. The van der Waals surface area contributed by atoms with E-state index in [1.807, 2.05) is 24.0 Å². The van der Waals surface area contributed by atoms with Gasteiger partial charge in [-0.05, 0) is 56.2 Å². The molecule has 3 aliphatic heterocycles. The van der Waals surface area contributed by atoms with Gasteiger partial charge in [-0.2, -0.15) is 0 Å². The summed E-state index contributed by atoms with van der Waals surface area (Å²) in [5.74, 6) is 0.893. The van der Waals surface area contributed by atoms with Gasteiger partial charge < -0.3 is 9.80 Å². The first-order valence-electron chi connectivity index (χ1n) is 9.39. The highest BCUT2D eigenvalue weighted by atomic mass is 35.5. The molecule has 0 spiro atoms. The van der Waals surface area contributed by atoms with Gasteiger partial charge >= 0.3 is 0 Å². The van der Waals surface area contributed by atoms with E-state index in [1.54, 1.807) is 6.07 Å². The average molecular weight is 361 g/mol. The van der Waals surface area contributed by atoms with Crippen LogP contribution in [0.2, 0.25) is 5.02 Å². The van der Waals surface area contributed by atoms with Gasteiger partial charge in [0.15, 0.2) is 0 Å². The Morgan fingerprint density at radius 1 is 1.20 bits per heavy atom. The first-order chi connectivity index (χ1) is 12.0. The van der Waals surface area contributed by atoms with Crippen molar-refractivity contribution in [1.82, 2.24) is 9.80 Å². The predicted molar refractivity (Wildman–Crippen MR) is 97.7 cm³/mol. The lowest BCUT2D eigenvalue weighted by atomic mass is 9.83. The smallest absolute Gasteiger partial charge is 0.253 e. The largest absolute Gasteiger partial charge is 0.337 e. The third-order valence-corrected chi connectivity index (χ3v) is 6.59. The van der Waals surface area contributed by atoms with Gasteiger partial charge in [-0.15, -0.1) is 0 Å². The lowest BCUT2D eigenvalue weighted by Crippen LogP contribution is -2.50. The standard InChI is InChI=1S/C20H25ClN2O2/c1-13-5-6-15(9-18(13)21)19(24)22-11-16-7-8-17(12-22)23(20(16)25)10-14-3-2-4-14/h5-6,9,14,16-17H,2-4,7-8,10-12H2,1H3/t16-,17+/m0/s1. The predicted octanol–water partition coefficient (Wildman–Crippen LogP) is 3.51. The lowest BCUT2D eigenvalue weighted by molar-refractivity contribution is -0.141. The van der Waals surface area contributed by atoms with Crippen molar-refractivity contribution in [3.63, 3.8) is 0 Å². The van der Waals surface area contributed by atoms with Crippen LogP contribution in [0, 0.1) is 18.8 Å². The zero-order valence-corrected chi connectivity index (χ0v) is 15.5. The molecule has 5 rings (SSSR count). The molecular formula is C20H25ClN2O2. The van der Waals surface area contributed by atoms with E-state index in [0.717, 1.165) is 24.9 Å². The highest BCUT2D eigenvalue weighted by molar-refractivity contribution is 6.31. The number of amides is 2. The van der Waals surface area contributed by atoms with Gasteiger partial charge in [0.2, 0.25) is 5.91 Å². The zero-order chi connectivity index (χ0) is 17.6. The van der Waals surface area contributed by atoms with Crippen molar-refractivity contribution < 1.29 is 9.59 Å². The number of benzene rings is 1. The van der Waals surface area contributed by atoms with E-state index in [-0.39, 0.29) is 23.8 Å². The maximum Gasteiger partial charge on any atom is 0.253 e. The number of hydrogen-bond donors (Lipinski definition) is 0. The summed E-state index contributed by atoms with van der Waals surface area (Å²) in [5.41, 5.74) is 1.59. The number of piperidine rings is 1. The molecule has 0 aromatic heterocycles. The Morgan fingerprint density at radius 3 is 2.68 bits per heavy atom. The van der Waals surface area contributed by atoms with E-state index >= 15 is 0 Å².